The number of rotatable bonds is 2. The highest BCUT2D eigenvalue weighted by Crippen LogP contribution is 2.10. The lowest BCUT2D eigenvalue weighted by Crippen LogP contribution is -2.42. The van der Waals surface area contributed by atoms with Gasteiger partial charge in [0.25, 0.3) is 0 Å². The minimum Gasteiger partial charge on any atom is -0.393 e. The van der Waals surface area contributed by atoms with Crippen LogP contribution in [0.25, 0.3) is 0 Å². The Morgan fingerprint density at radius 2 is 1.93 bits per heavy atom. The van der Waals surface area contributed by atoms with Crippen LogP contribution in [0.4, 0.5) is 0 Å². The Kier molecular flexibility index (Phi) is 3.49. The number of piperidine rings is 1. The summed E-state index contributed by atoms with van der Waals surface area (Å²) < 4.78 is 21.7. The number of aliphatic hydroxyl groups is 1. The highest BCUT2D eigenvalue weighted by atomic mass is 32.2. The Labute approximate surface area is 83.6 Å². The molecule has 0 bridgehead atoms. The van der Waals surface area contributed by atoms with E-state index in [1.165, 1.54) is 4.90 Å². The molecule has 1 N–H and O–H groups in total. The fourth-order valence-corrected chi connectivity index (χ4v) is 2.06. The minimum atomic E-state index is -3.24. The Morgan fingerprint density at radius 3 is 2.36 bits per heavy atom. The Hall–Kier alpha value is -0.620. The number of carbonyl (C=O) groups is 1. The number of aliphatic hydroxyl groups excluding tert-OH is 1. The van der Waals surface area contributed by atoms with Crippen molar-refractivity contribution in [3.63, 3.8) is 0 Å². The van der Waals surface area contributed by atoms with E-state index < -0.39 is 15.6 Å². The zero-order valence-electron chi connectivity index (χ0n) is 8.14. The van der Waals surface area contributed by atoms with Crippen LogP contribution in [-0.2, 0) is 14.6 Å². The fourth-order valence-electron chi connectivity index (χ4n) is 1.43. The molecule has 1 aliphatic rings. The van der Waals surface area contributed by atoms with E-state index in [1.807, 2.05) is 0 Å². The molecule has 82 valence electrons. The molecule has 0 aromatic heterocycles. The predicted molar refractivity (Wildman–Crippen MR) is 51.5 cm³/mol. The molecule has 1 aliphatic heterocycles. The van der Waals surface area contributed by atoms with Gasteiger partial charge in [-0.2, -0.15) is 0 Å². The number of likely N-dealkylation sites (tertiary alicyclic amines) is 1. The average Bonchev–Trinajstić information content (AvgIpc) is 2.02. The molecule has 0 aromatic carbocycles. The van der Waals surface area contributed by atoms with Gasteiger partial charge in [-0.15, -0.1) is 0 Å². The van der Waals surface area contributed by atoms with Crippen LogP contribution in [-0.4, -0.2) is 55.5 Å². The first-order valence-electron chi connectivity index (χ1n) is 4.52. The summed E-state index contributed by atoms with van der Waals surface area (Å²) in [6, 6.07) is 0. The summed E-state index contributed by atoms with van der Waals surface area (Å²) in [4.78, 5) is 12.9. The fraction of sp³-hybridized carbons (Fsp3) is 0.875. The van der Waals surface area contributed by atoms with Crippen LogP contribution >= 0.6 is 0 Å². The van der Waals surface area contributed by atoms with Crippen molar-refractivity contribution in [1.82, 2.24) is 4.90 Å². The molecule has 5 nitrogen and oxygen atoms in total. The molecule has 14 heavy (non-hydrogen) atoms. The minimum absolute atomic E-state index is 0.350. The van der Waals surface area contributed by atoms with Crippen LogP contribution in [0.1, 0.15) is 12.8 Å². The third-order valence-corrected chi connectivity index (χ3v) is 2.97. The highest BCUT2D eigenvalue weighted by molar-refractivity contribution is 7.91. The molecule has 1 heterocycles. The SMILES string of the molecule is CS(=O)(=O)CC(=O)N1CCC(O)CC1. The predicted octanol–water partition coefficient (Wildman–Crippen LogP) is -0.986. The molecule has 1 rings (SSSR count). The third kappa shape index (κ3) is 3.63. The van der Waals surface area contributed by atoms with Crippen molar-refractivity contribution >= 4 is 15.7 Å². The summed E-state index contributed by atoms with van der Waals surface area (Å²) in [6.45, 7) is 0.908. The first-order chi connectivity index (χ1) is 6.38. The van der Waals surface area contributed by atoms with Crippen molar-refractivity contribution in [3.8, 4) is 0 Å². The van der Waals surface area contributed by atoms with Gasteiger partial charge < -0.3 is 10.0 Å². The van der Waals surface area contributed by atoms with E-state index in [4.69, 9.17) is 0 Å². The number of carbonyl (C=O) groups excluding carboxylic acids is 1. The standard InChI is InChI=1S/C8H15NO4S/c1-14(12,13)6-8(11)9-4-2-7(10)3-5-9/h7,10H,2-6H2,1H3. The number of amides is 1. The van der Waals surface area contributed by atoms with Gasteiger partial charge in [0.1, 0.15) is 5.75 Å². The van der Waals surface area contributed by atoms with Crippen LogP contribution < -0.4 is 0 Å². The van der Waals surface area contributed by atoms with Gasteiger partial charge in [0.2, 0.25) is 5.91 Å². The van der Waals surface area contributed by atoms with Gasteiger partial charge in [-0.1, -0.05) is 0 Å². The van der Waals surface area contributed by atoms with Crippen molar-refractivity contribution in [2.45, 2.75) is 18.9 Å². The molecule has 0 atom stereocenters. The van der Waals surface area contributed by atoms with Crippen molar-refractivity contribution in [3.05, 3.63) is 0 Å². The van der Waals surface area contributed by atoms with Crippen molar-refractivity contribution < 1.29 is 18.3 Å². The average molecular weight is 221 g/mol. The molecule has 0 aliphatic carbocycles. The Balaban J connectivity index is 2.46. The maximum absolute atomic E-state index is 11.4. The summed E-state index contributed by atoms with van der Waals surface area (Å²) >= 11 is 0. The first-order valence-corrected chi connectivity index (χ1v) is 6.58. The molecular weight excluding hydrogens is 206 g/mol. The number of sulfone groups is 1. The normalized spacial score (nSPS) is 19.7. The lowest BCUT2D eigenvalue weighted by molar-refractivity contribution is -0.130. The molecule has 0 unspecified atom stereocenters. The van der Waals surface area contributed by atoms with Gasteiger partial charge in [-0.05, 0) is 12.8 Å². The summed E-state index contributed by atoms with van der Waals surface area (Å²) in [5.74, 6) is -0.789. The zero-order chi connectivity index (χ0) is 10.8. The summed E-state index contributed by atoms with van der Waals surface area (Å²) in [6.07, 6.45) is 1.77. The lowest BCUT2D eigenvalue weighted by Gasteiger charge is -2.29. The van der Waals surface area contributed by atoms with E-state index in [-0.39, 0.29) is 12.0 Å². The van der Waals surface area contributed by atoms with Crippen LogP contribution in [0.5, 0.6) is 0 Å². The maximum Gasteiger partial charge on any atom is 0.237 e. The molecule has 0 aromatic rings. The number of hydrogen-bond donors (Lipinski definition) is 1. The monoisotopic (exact) mass is 221 g/mol. The Morgan fingerprint density at radius 1 is 1.43 bits per heavy atom. The van der Waals surface area contributed by atoms with E-state index in [0.29, 0.717) is 25.9 Å². The topological polar surface area (TPSA) is 74.7 Å². The smallest absolute Gasteiger partial charge is 0.237 e. The summed E-state index contributed by atoms with van der Waals surface area (Å²) in [7, 11) is -3.24. The second-order valence-corrected chi connectivity index (χ2v) is 5.82. The van der Waals surface area contributed by atoms with Gasteiger partial charge in [0.15, 0.2) is 9.84 Å². The van der Waals surface area contributed by atoms with Gasteiger partial charge in [0.05, 0.1) is 6.10 Å². The van der Waals surface area contributed by atoms with Crippen LogP contribution in [0, 0.1) is 0 Å². The van der Waals surface area contributed by atoms with Crippen LogP contribution in [0.3, 0.4) is 0 Å². The van der Waals surface area contributed by atoms with Crippen LogP contribution in [0.2, 0.25) is 0 Å². The quantitative estimate of drug-likeness (QED) is 0.650. The molecule has 0 saturated carbocycles. The Bertz CT molecular complexity index is 303. The van der Waals surface area contributed by atoms with Gasteiger partial charge in [-0.3, -0.25) is 4.79 Å². The van der Waals surface area contributed by atoms with Crippen molar-refractivity contribution in [1.29, 1.82) is 0 Å². The molecule has 0 radical (unpaired) electrons. The number of hydrogen-bond acceptors (Lipinski definition) is 4. The van der Waals surface area contributed by atoms with Crippen molar-refractivity contribution in [2.24, 2.45) is 0 Å². The maximum atomic E-state index is 11.4. The molecular formula is C8H15NO4S. The molecule has 1 fully saturated rings. The van der Waals surface area contributed by atoms with E-state index in [0.717, 1.165) is 6.26 Å². The molecule has 6 heteroatoms. The summed E-state index contributed by atoms with van der Waals surface area (Å²) in [5.41, 5.74) is 0. The van der Waals surface area contributed by atoms with Gasteiger partial charge in [-0.25, -0.2) is 8.42 Å². The van der Waals surface area contributed by atoms with Crippen molar-refractivity contribution in [2.75, 3.05) is 25.1 Å². The second-order valence-electron chi connectivity index (χ2n) is 3.68. The van der Waals surface area contributed by atoms with Gasteiger partial charge >= 0.3 is 0 Å². The van der Waals surface area contributed by atoms with E-state index >= 15 is 0 Å². The second kappa shape index (κ2) is 4.27. The van der Waals surface area contributed by atoms with Crippen LogP contribution in [0.15, 0.2) is 0 Å². The third-order valence-electron chi connectivity index (χ3n) is 2.20. The highest BCUT2D eigenvalue weighted by Gasteiger charge is 2.23. The molecule has 0 spiro atoms. The number of nitrogens with zero attached hydrogens (tertiary/aromatic N) is 1. The first kappa shape index (κ1) is 11.5. The lowest BCUT2D eigenvalue weighted by atomic mass is 10.1. The van der Waals surface area contributed by atoms with E-state index in [1.54, 1.807) is 0 Å². The summed E-state index contributed by atoms with van der Waals surface area (Å²) in [5, 5.41) is 9.19. The molecule has 1 amide bonds. The van der Waals surface area contributed by atoms with E-state index in [2.05, 4.69) is 0 Å². The molecule has 1 saturated heterocycles. The zero-order valence-corrected chi connectivity index (χ0v) is 8.96. The van der Waals surface area contributed by atoms with E-state index in [9.17, 15) is 18.3 Å². The largest absolute Gasteiger partial charge is 0.393 e. The van der Waals surface area contributed by atoms with Gasteiger partial charge in [0, 0.05) is 19.3 Å².